The SMILES string of the molecule is CC1CC1C(=O)Nc1cccc(NC(=O)C(C)(C)C)c1. The number of carbonyl (C=O) groups is 2. The molecule has 0 aliphatic heterocycles. The van der Waals surface area contributed by atoms with Crippen LogP contribution in [0.3, 0.4) is 0 Å². The van der Waals surface area contributed by atoms with Crippen molar-refractivity contribution in [2.24, 2.45) is 17.3 Å². The van der Waals surface area contributed by atoms with Crippen LogP contribution in [0, 0.1) is 17.3 Å². The lowest BCUT2D eigenvalue weighted by molar-refractivity contribution is -0.123. The number of anilines is 2. The van der Waals surface area contributed by atoms with E-state index in [4.69, 9.17) is 0 Å². The molecular weight excluding hydrogens is 252 g/mol. The average Bonchev–Trinajstić information content (AvgIpc) is 3.05. The van der Waals surface area contributed by atoms with E-state index in [1.54, 1.807) is 6.07 Å². The van der Waals surface area contributed by atoms with Crippen LogP contribution in [0.5, 0.6) is 0 Å². The van der Waals surface area contributed by atoms with Gasteiger partial charge in [-0.2, -0.15) is 0 Å². The van der Waals surface area contributed by atoms with Crippen LogP contribution in [0.25, 0.3) is 0 Å². The van der Waals surface area contributed by atoms with Crippen molar-refractivity contribution in [3.63, 3.8) is 0 Å². The van der Waals surface area contributed by atoms with E-state index in [-0.39, 0.29) is 17.7 Å². The quantitative estimate of drug-likeness (QED) is 0.888. The zero-order valence-electron chi connectivity index (χ0n) is 12.5. The fourth-order valence-corrected chi connectivity index (χ4v) is 1.92. The molecule has 0 bridgehead atoms. The highest BCUT2D eigenvalue weighted by Gasteiger charge is 2.39. The average molecular weight is 274 g/mol. The molecule has 108 valence electrons. The van der Waals surface area contributed by atoms with E-state index in [0.717, 1.165) is 12.1 Å². The molecule has 2 unspecified atom stereocenters. The molecule has 0 heterocycles. The van der Waals surface area contributed by atoms with Gasteiger partial charge in [0.15, 0.2) is 0 Å². The molecule has 1 fully saturated rings. The van der Waals surface area contributed by atoms with Gasteiger partial charge in [-0.05, 0) is 30.5 Å². The van der Waals surface area contributed by atoms with Gasteiger partial charge in [0.05, 0.1) is 0 Å². The lowest BCUT2D eigenvalue weighted by Gasteiger charge is -2.18. The number of amides is 2. The number of benzene rings is 1. The molecule has 2 amide bonds. The van der Waals surface area contributed by atoms with Crippen LogP contribution in [0.2, 0.25) is 0 Å². The second-order valence-electron chi connectivity index (χ2n) is 6.59. The molecule has 0 saturated heterocycles. The minimum atomic E-state index is -0.442. The summed E-state index contributed by atoms with van der Waals surface area (Å²) in [6, 6.07) is 7.26. The van der Waals surface area contributed by atoms with Gasteiger partial charge in [0.2, 0.25) is 11.8 Å². The van der Waals surface area contributed by atoms with Crippen molar-refractivity contribution in [1.82, 2.24) is 0 Å². The predicted molar refractivity (Wildman–Crippen MR) is 80.4 cm³/mol. The predicted octanol–water partition coefficient (Wildman–Crippen LogP) is 3.27. The summed E-state index contributed by atoms with van der Waals surface area (Å²) >= 11 is 0. The first-order valence-corrected chi connectivity index (χ1v) is 7.00. The first-order chi connectivity index (χ1) is 9.27. The van der Waals surface area contributed by atoms with Crippen molar-refractivity contribution in [1.29, 1.82) is 0 Å². The maximum absolute atomic E-state index is 11.9. The third-order valence-corrected chi connectivity index (χ3v) is 3.52. The maximum Gasteiger partial charge on any atom is 0.229 e. The van der Waals surface area contributed by atoms with E-state index in [2.05, 4.69) is 17.6 Å². The fourth-order valence-electron chi connectivity index (χ4n) is 1.92. The molecule has 1 aliphatic rings. The summed E-state index contributed by atoms with van der Waals surface area (Å²) in [5, 5.41) is 5.76. The van der Waals surface area contributed by atoms with Crippen molar-refractivity contribution in [2.75, 3.05) is 10.6 Å². The van der Waals surface area contributed by atoms with E-state index in [9.17, 15) is 9.59 Å². The summed E-state index contributed by atoms with van der Waals surface area (Å²) in [6.45, 7) is 7.66. The number of hydrogen-bond acceptors (Lipinski definition) is 2. The zero-order chi connectivity index (χ0) is 14.9. The van der Waals surface area contributed by atoms with Gasteiger partial charge in [-0.1, -0.05) is 33.8 Å². The molecule has 0 aromatic heterocycles. The largest absolute Gasteiger partial charge is 0.326 e. The highest BCUT2D eigenvalue weighted by Crippen LogP contribution is 2.38. The maximum atomic E-state index is 11.9. The molecule has 4 heteroatoms. The minimum absolute atomic E-state index is 0.0446. The smallest absolute Gasteiger partial charge is 0.229 e. The molecular formula is C16H22N2O2. The van der Waals surface area contributed by atoms with Gasteiger partial charge < -0.3 is 10.6 Å². The normalized spacial score (nSPS) is 21.2. The van der Waals surface area contributed by atoms with Crippen molar-refractivity contribution in [2.45, 2.75) is 34.1 Å². The summed E-state index contributed by atoms with van der Waals surface area (Å²) in [5.41, 5.74) is 0.982. The Bertz CT molecular complexity index is 532. The van der Waals surface area contributed by atoms with Gasteiger partial charge in [0, 0.05) is 22.7 Å². The van der Waals surface area contributed by atoms with Crippen LogP contribution in [-0.4, -0.2) is 11.8 Å². The monoisotopic (exact) mass is 274 g/mol. The first-order valence-electron chi connectivity index (χ1n) is 7.00. The van der Waals surface area contributed by atoms with E-state index in [1.165, 1.54) is 0 Å². The van der Waals surface area contributed by atoms with Crippen LogP contribution in [0.4, 0.5) is 11.4 Å². The summed E-state index contributed by atoms with van der Waals surface area (Å²) in [6.07, 6.45) is 0.965. The van der Waals surface area contributed by atoms with Crippen molar-refractivity contribution >= 4 is 23.2 Å². The minimum Gasteiger partial charge on any atom is -0.326 e. The third kappa shape index (κ3) is 3.59. The van der Waals surface area contributed by atoms with Gasteiger partial charge in [0.25, 0.3) is 0 Å². The van der Waals surface area contributed by atoms with E-state index in [0.29, 0.717) is 11.6 Å². The standard InChI is InChI=1S/C16H22N2O2/c1-10-8-13(10)14(19)17-11-6-5-7-12(9-11)18-15(20)16(2,3)4/h5-7,9-10,13H,8H2,1-4H3,(H,17,19)(H,18,20). The summed E-state index contributed by atoms with van der Waals surface area (Å²) in [5.74, 6) is 0.648. The van der Waals surface area contributed by atoms with Crippen molar-refractivity contribution in [3.8, 4) is 0 Å². The lowest BCUT2D eigenvalue weighted by atomic mass is 9.95. The van der Waals surface area contributed by atoms with Crippen molar-refractivity contribution < 1.29 is 9.59 Å². The number of nitrogens with one attached hydrogen (secondary N) is 2. The summed E-state index contributed by atoms with van der Waals surface area (Å²) in [7, 11) is 0. The number of hydrogen-bond donors (Lipinski definition) is 2. The Balaban J connectivity index is 2.01. The molecule has 2 rings (SSSR count). The zero-order valence-corrected chi connectivity index (χ0v) is 12.5. The van der Waals surface area contributed by atoms with Crippen LogP contribution >= 0.6 is 0 Å². The molecule has 4 nitrogen and oxygen atoms in total. The Morgan fingerprint density at radius 3 is 2.20 bits per heavy atom. The van der Waals surface area contributed by atoms with Gasteiger partial charge in [-0.25, -0.2) is 0 Å². The van der Waals surface area contributed by atoms with E-state index >= 15 is 0 Å². The first kappa shape index (κ1) is 14.6. The summed E-state index contributed by atoms with van der Waals surface area (Å²) in [4.78, 5) is 23.8. The summed E-state index contributed by atoms with van der Waals surface area (Å²) < 4.78 is 0. The molecule has 0 spiro atoms. The van der Waals surface area contributed by atoms with E-state index < -0.39 is 5.41 Å². The molecule has 1 saturated carbocycles. The third-order valence-electron chi connectivity index (χ3n) is 3.52. The number of rotatable bonds is 3. The van der Waals surface area contributed by atoms with Gasteiger partial charge >= 0.3 is 0 Å². The topological polar surface area (TPSA) is 58.2 Å². The molecule has 20 heavy (non-hydrogen) atoms. The van der Waals surface area contributed by atoms with Crippen LogP contribution < -0.4 is 10.6 Å². The van der Waals surface area contributed by atoms with E-state index in [1.807, 2.05) is 39.0 Å². The molecule has 1 aromatic rings. The Morgan fingerprint density at radius 2 is 1.70 bits per heavy atom. The van der Waals surface area contributed by atoms with Crippen LogP contribution in [-0.2, 0) is 9.59 Å². The molecule has 2 atom stereocenters. The Labute approximate surface area is 119 Å². The highest BCUT2D eigenvalue weighted by molar-refractivity contribution is 5.97. The Hall–Kier alpha value is -1.84. The Morgan fingerprint density at radius 1 is 1.15 bits per heavy atom. The van der Waals surface area contributed by atoms with Crippen LogP contribution in [0.1, 0.15) is 34.1 Å². The van der Waals surface area contributed by atoms with Gasteiger partial charge in [-0.3, -0.25) is 9.59 Å². The Kier molecular flexibility index (Phi) is 3.84. The second kappa shape index (κ2) is 5.27. The van der Waals surface area contributed by atoms with Crippen LogP contribution in [0.15, 0.2) is 24.3 Å². The lowest BCUT2D eigenvalue weighted by Crippen LogP contribution is -2.27. The second-order valence-corrected chi connectivity index (χ2v) is 6.59. The fraction of sp³-hybridized carbons (Fsp3) is 0.500. The molecule has 1 aromatic carbocycles. The molecule has 2 N–H and O–H groups in total. The van der Waals surface area contributed by atoms with Gasteiger partial charge in [-0.15, -0.1) is 0 Å². The van der Waals surface area contributed by atoms with Gasteiger partial charge in [0.1, 0.15) is 0 Å². The number of carbonyl (C=O) groups excluding carboxylic acids is 2. The molecule has 1 aliphatic carbocycles. The highest BCUT2D eigenvalue weighted by atomic mass is 16.2. The molecule has 0 radical (unpaired) electrons. The van der Waals surface area contributed by atoms with Crippen molar-refractivity contribution in [3.05, 3.63) is 24.3 Å².